The number of hydrogen-bond donors (Lipinski definition) is 0. The summed E-state index contributed by atoms with van der Waals surface area (Å²) in [6.07, 6.45) is 0. The Morgan fingerprint density at radius 3 is 2.68 bits per heavy atom. The summed E-state index contributed by atoms with van der Waals surface area (Å²) in [5, 5.41) is 5.27. The van der Waals surface area contributed by atoms with E-state index in [9.17, 15) is 0 Å². The Hall–Kier alpha value is -1.95. The van der Waals surface area contributed by atoms with Gasteiger partial charge in [-0.25, -0.2) is 4.68 Å². The molecule has 1 heterocycles. The van der Waals surface area contributed by atoms with Crippen LogP contribution < -0.4 is 0 Å². The van der Waals surface area contributed by atoms with Crippen LogP contribution in [0.25, 0.3) is 11.5 Å². The maximum absolute atomic E-state index is 6.04. The Kier molecular flexibility index (Phi) is 5.37. The molecule has 1 aromatic heterocycles. The van der Waals surface area contributed by atoms with Crippen LogP contribution in [0.4, 0.5) is 0 Å². The molecule has 3 rings (SSSR count). The molecule has 0 saturated carbocycles. The van der Waals surface area contributed by atoms with Gasteiger partial charge < -0.3 is 4.42 Å². The Balaban J connectivity index is 1.76. The van der Waals surface area contributed by atoms with E-state index < -0.39 is 0 Å². The molecular weight excluding hydrogens is 354 g/mol. The fraction of sp³-hybridized carbons (Fsp3) is 0.263. The van der Waals surface area contributed by atoms with E-state index in [2.05, 4.69) is 36.0 Å². The lowest BCUT2D eigenvalue weighted by Crippen LogP contribution is -2.22. The largest absolute Gasteiger partial charge is 0.409 e. The second kappa shape index (κ2) is 7.52. The van der Waals surface area contributed by atoms with Crippen molar-refractivity contribution in [1.82, 2.24) is 14.7 Å². The van der Waals surface area contributed by atoms with Crippen molar-refractivity contribution in [3.63, 3.8) is 0 Å². The molecule has 25 heavy (non-hydrogen) atoms. The van der Waals surface area contributed by atoms with Crippen LogP contribution in [0.15, 0.2) is 46.9 Å². The minimum atomic E-state index is 0.367. The van der Waals surface area contributed by atoms with Crippen molar-refractivity contribution in [2.75, 3.05) is 7.05 Å². The number of nitrogens with zero attached hydrogens (tertiary/aromatic N) is 3. The van der Waals surface area contributed by atoms with Crippen molar-refractivity contribution in [3.8, 4) is 11.5 Å². The molecule has 0 aliphatic rings. The van der Waals surface area contributed by atoms with Gasteiger partial charge in [-0.15, -0.1) is 5.10 Å². The summed E-state index contributed by atoms with van der Waals surface area (Å²) in [6, 6.07) is 14.0. The molecule has 0 saturated heterocycles. The molecule has 130 valence electrons. The molecule has 0 spiro atoms. The SMILES string of the molecule is Cc1ccc(-c2nn(CN(C)Cc3cccc(Cl)c3)c(=S)o2)cc1C. The topological polar surface area (TPSA) is 34.2 Å². The van der Waals surface area contributed by atoms with Gasteiger partial charge in [-0.2, -0.15) is 0 Å². The zero-order chi connectivity index (χ0) is 18.0. The predicted molar refractivity (Wildman–Crippen MR) is 103 cm³/mol. The summed E-state index contributed by atoms with van der Waals surface area (Å²) in [7, 11) is 2.01. The summed E-state index contributed by atoms with van der Waals surface area (Å²) in [5.41, 5.74) is 4.51. The van der Waals surface area contributed by atoms with Gasteiger partial charge in [-0.05, 0) is 74.1 Å². The molecule has 0 bridgehead atoms. The molecule has 0 atom stereocenters. The lowest BCUT2D eigenvalue weighted by Gasteiger charge is -2.16. The van der Waals surface area contributed by atoms with Crippen molar-refractivity contribution in [2.45, 2.75) is 27.1 Å². The Bertz CT molecular complexity index is 948. The second-order valence-corrected chi connectivity index (χ2v) is 7.04. The minimum Gasteiger partial charge on any atom is -0.409 e. The van der Waals surface area contributed by atoms with Crippen molar-refractivity contribution in [3.05, 3.63) is 69.0 Å². The van der Waals surface area contributed by atoms with E-state index in [1.807, 2.05) is 37.4 Å². The molecular formula is C19H20ClN3OS. The number of halogens is 1. The van der Waals surface area contributed by atoms with E-state index in [0.29, 0.717) is 17.4 Å². The highest BCUT2D eigenvalue weighted by atomic mass is 35.5. The zero-order valence-electron chi connectivity index (χ0n) is 14.5. The minimum absolute atomic E-state index is 0.367. The van der Waals surface area contributed by atoms with Gasteiger partial charge in [-0.1, -0.05) is 29.8 Å². The fourth-order valence-corrected chi connectivity index (χ4v) is 3.00. The number of rotatable bonds is 5. The summed E-state index contributed by atoms with van der Waals surface area (Å²) in [6.45, 7) is 5.44. The third kappa shape index (κ3) is 4.37. The molecule has 0 amide bonds. The van der Waals surface area contributed by atoms with Gasteiger partial charge in [0.15, 0.2) is 0 Å². The molecule has 2 aromatic carbocycles. The van der Waals surface area contributed by atoms with Crippen LogP contribution in [0, 0.1) is 18.7 Å². The lowest BCUT2D eigenvalue weighted by atomic mass is 10.1. The van der Waals surface area contributed by atoms with E-state index in [4.69, 9.17) is 28.2 Å². The van der Waals surface area contributed by atoms with Gasteiger partial charge in [-0.3, -0.25) is 4.90 Å². The van der Waals surface area contributed by atoms with Crippen LogP contribution in [0.1, 0.15) is 16.7 Å². The monoisotopic (exact) mass is 373 g/mol. The van der Waals surface area contributed by atoms with Crippen LogP contribution in [-0.2, 0) is 13.2 Å². The molecule has 0 fully saturated rings. The first-order valence-corrected chi connectivity index (χ1v) is 8.79. The van der Waals surface area contributed by atoms with Crippen LogP contribution >= 0.6 is 23.8 Å². The average Bonchev–Trinajstić information content (AvgIpc) is 2.91. The molecule has 0 radical (unpaired) electrons. The molecule has 0 N–H and O–H groups in total. The van der Waals surface area contributed by atoms with E-state index in [0.717, 1.165) is 22.7 Å². The van der Waals surface area contributed by atoms with Crippen molar-refractivity contribution in [2.24, 2.45) is 0 Å². The standard InChI is InChI=1S/C19H20ClN3OS/c1-13-7-8-16(9-14(13)2)18-21-23(19(25)24-18)12-22(3)11-15-5-4-6-17(20)10-15/h4-10H,11-12H2,1-3H3. The first kappa shape index (κ1) is 17.9. The van der Waals surface area contributed by atoms with Crippen LogP contribution in [0.2, 0.25) is 5.02 Å². The van der Waals surface area contributed by atoms with Crippen LogP contribution in [0.3, 0.4) is 0 Å². The third-order valence-electron chi connectivity index (χ3n) is 4.08. The highest BCUT2D eigenvalue weighted by Crippen LogP contribution is 2.21. The molecule has 0 aliphatic heterocycles. The summed E-state index contributed by atoms with van der Waals surface area (Å²) < 4.78 is 7.38. The summed E-state index contributed by atoms with van der Waals surface area (Å²) in [5.74, 6) is 0.546. The molecule has 0 aliphatic carbocycles. The van der Waals surface area contributed by atoms with Crippen LogP contribution in [0.5, 0.6) is 0 Å². The van der Waals surface area contributed by atoms with Crippen LogP contribution in [-0.4, -0.2) is 21.7 Å². The van der Waals surface area contributed by atoms with Gasteiger partial charge in [0.2, 0.25) is 5.89 Å². The normalized spacial score (nSPS) is 11.2. The summed E-state index contributed by atoms with van der Waals surface area (Å²) in [4.78, 5) is 2.47. The van der Waals surface area contributed by atoms with Crippen molar-refractivity contribution >= 4 is 23.8 Å². The smallest absolute Gasteiger partial charge is 0.288 e. The quantitative estimate of drug-likeness (QED) is 0.573. The van der Waals surface area contributed by atoms with Crippen molar-refractivity contribution in [1.29, 1.82) is 0 Å². The van der Waals surface area contributed by atoms with Crippen molar-refractivity contribution < 1.29 is 4.42 Å². The molecule has 6 heteroatoms. The van der Waals surface area contributed by atoms with E-state index in [1.165, 1.54) is 11.1 Å². The number of hydrogen-bond acceptors (Lipinski definition) is 4. The maximum Gasteiger partial charge on any atom is 0.288 e. The van der Waals surface area contributed by atoms with Gasteiger partial charge in [0.1, 0.15) is 0 Å². The highest BCUT2D eigenvalue weighted by molar-refractivity contribution is 7.71. The molecule has 0 unspecified atom stereocenters. The second-order valence-electron chi connectivity index (χ2n) is 6.26. The maximum atomic E-state index is 6.04. The van der Waals surface area contributed by atoms with E-state index >= 15 is 0 Å². The Morgan fingerprint density at radius 2 is 1.96 bits per heavy atom. The van der Waals surface area contributed by atoms with Gasteiger partial charge in [0.05, 0.1) is 6.67 Å². The zero-order valence-corrected chi connectivity index (χ0v) is 16.1. The van der Waals surface area contributed by atoms with Gasteiger partial charge in [0, 0.05) is 17.1 Å². The first-order valence-electron chi connectivity index (χ1n) is 8.01. The van der Waals surface area contributed by atoms with E-state index in [1.54, 1.807) is 4.68 Å². The fourth-order valence-electron chi connectivity index (χ4n) is 2.61. The molecule has 3 aromatic rings. The first-order chi connectivity index (χ1) is 11.9. The predicted octanol–water partition coefficient (Wildman–Crippen LogP) is 5.23. The molecule has 4 nitrogen and oxygen atoms in total. The summed E-state index contributed by atoms with van der Waals surface area (Å²) >= 11 is 11.4. The number of aromatic nitrogens is 2. The average molecular weight is 374 g/mol. The highest BCUT2D eigenvalue weighted by Gasteiger charge is 2.11. The Labute approximate surface area is 157 Å². The van der Waals surface area contributed by atoms with Gasteiger partial charge >= 0.3 is 0 Å². The lowest BCUT2D eigenvalue weighted by molar-refractivity contribution is 0.241. The number of benzene rings is 2. The Morgan fingerprint density at radius 1 is 1.16 bits per heavy atom. The van der Waals surface area contributed by atoms with E-state index in [-0.39, 0.29) is 0 Å². The van der Waals surface area contributed by atoms with Gasteiger partial charge in [0.25, 0.3) is 4.84 Å². The third-order valence-corrected chi connectivity index (χ3v) is 4.61. The number of aryl methyl sites for hydroxylation is 2.